The van der Waals surface area contributed by atoms with Gasteiger partial charge in [-0.05, 0) is 41.8 Å². The Kier molecular flexibility index (Phi) is 3.67. The smallest absolute Gasteiger partial charge is 0.127 e. The minimum absolute atomic E-state index is 0.562. The highest BCUT2D eigenvalue weighted by Gasteiger charge is 2.22. The summed E-state index contributed by atoms with van der Waals surface area (Å²) in [5, 5.41) is 0.790. The predicted molar refractivity (Wildman–Crippen MR) is 99.1 cm³/mol. The van der Waals surface area contributed by atoms with E-state index in [0.717, 1.165) is 43.1 Å². The Bertz CT molecular complexity index is 900. The molecule has 4 rings (SSSR count). The van der Waals surface area contributed by atoms with Gasteiger partial charge in [-0.15, -0.1) is 0 Å². The Morgan fingerprint density at radius 1 is 0.957 bits per heavy atom. The van der Waals surface area contributed by atoms with Gasteiger partial charge in [0.25, 0.3) is 0 Å². The average molecular weight is 386 g/mol. The molecule has 114 valence electrons. The zero-order valence-corrected chi connectivity index (χ0v) is 14.9. The van der Waals surface area contributed by atoms with Gasteiger partial charge in [-0.1, -0.05) is 63.9 Å². The lowest BCUT2D eigenvalue weighted by molar-refractivity contribution is 0.302. The van der Waals surface area contributed by atoms with Gasteiger partial charge in [0.1, 0.15) is 12.4 Å². The highest BCUT2D eigenvalue weighted by Crippen LogP contribution is 2.45. The Hall–Kier alpha value is -1.77. The lowest BCUT2D eigenvalue weighted by Crippen LogP contribution is -2.06. The molecular weight excluding hydrogens is 372 g/mol. The molecule has 1 nitrogen and oxygen atoms in total. The first-order chi connectivity index (χ1) is 11.1. The second-order valence-corrected chi connectivity index (χ2v) is 7.05. The number of fused-ring (bicyclic) bond motifs is 3. The molecule has 0 saturated carbocycles. The lowest BCUT2D eigenvalue weighted by Gasteiger charge is -2.23. The molecule has 0 bridgehead atoms. The molecule has 1 aliphatic rings. The van der Waals surface area contributed by atoms with E-state index in [1.165, 1.54) is 5.56 Å². The van der Waals surface area contributed by atoms with Crippen LogP contribution in [0, 0.1) is 6.92 Å². The first kappa shape index (κ1) is 14.8. The fourth-order valence-corrected chi connectivity index (χ4v) is 3.65. The van der Waals surface area contributed by atoms with Crippen molar-refractivity contribution in [2.75, 3.05) is 0 Å². The third-order valence-electron chi connectivity index (χ3n) is 4.17. The minimum atomic E-state index is 0.562. The Morgan fingerprint density at radius 3 is 2.48 bits per heavy atom. The van der Waals surface area contributed by atoms with E-state index >= 15 is 0 Å². The standard InChI is InChI=1S/C20H14BrClO/c1-12-2-8-17-18(10-12)23-11-14-5-9-16(20(22)19(14)17)13-3-6-15(21)7-4-13/h2-10H,11H2,1H3. The van der Waals surface area contributed by atoms with Crippen molar-refractivity contribution < 1.29 is 4.74 Å². The first-order valence-corrected chi connectivity index (χ1v) is 8.62. The van der Waals surface area contributed by atoms with Crippen molar-refractivity contribution in [2.24, 2.45) is 0 Å². The number of halogens is 2. The molecule has 3 heteroatoms. The Balaban J connectivity index is 1.93. The molecule has 0 N–H and O–H groups in total. The van der Waals surface area contributed by atoms with Gasteiger partial charge < -0.3 is 4.74 Å². The first-order valence-electron chi connectivity index (χ1n) is 7.44. The second-order valence-electron chi connectivity index (χ2n) is 5.76. The fraction of sp³-hybridized carbons (Fsp3) is 0.100. The minimum Gasteiger partial charge on any atom is -0.488 e. The molecule has 0 radical (unpaired) electrons. The van der Waals surface area contributed by atoms with Crippen LogP contribution in [0.4, 0.5) is 0 Å². The molecule has 0 amide bonds. The highest BCUT2D eigenvalue weighted by molar-refractivity contribution is 9.10. The summed E-state index contributed by atoms with van der Waals surface area (Å²) in [5.41, 5.74) is 6.64. The molecule has 0 unspecified atom stereocenters. The lowest BCUT2D eigenvalue weighted by atomic mass is 9.92. The van der Waals surface area contributed by atoms with Crippen LogP contribution in [-0.2, 0) is 6.61 Å². The summed E-state index contributed by atoms with van der Waals surface area (Å²) in [4.78, 5) is 0. The third-order valence-corrected chi connectivity index (χ3v) is 5.09. The van der Waals surface area contributed by atoms with E-state index in [1.54, 1.807) is 0 Å². The maximum absolute atomic E-state index is 6.80. The largest absolute Gasteiger partial charge is 0.488 e. The average Bonchev–Trinajstić information content (AvgIpc) is 2.56. The summed E-state index contributed by atoms with van der Waals surface area (Å²) in [6.07, 6.45) is 0. The summed E-state index contributed by atoms with van der Waals surface area (Å²) >= 11 is 10.3. The summed E-state index contributed by atoms with van der Waals surface area (Å²) < 4.78 is 6.94. The highest BCUT2D eigenvalue weighted by atomic mass is 79.9. The van der Waals surface area contributed by atoms with Gasteiger partial charge in [0.15, 0.2) is 0 Å². The molecule has 0 aliphatic carbocycles. The van der Waals surface area contributed by atoms with Crippen molar-refractivity contribution in [3.05, 3.63) is 75.2 Å². The molecular formula is C20H14BrClO. The topological polar surface area (TPSA) is 9.23 Å². The van der Waals surface area contributed by atoms with Crippen LogP contribution in [0.5, 0.6) is 5.75 Å². The summed E-state index contributed by atoms with van der Waals surface area (Å²) in [5.74, 6) is 0.910. The molecule has 1 heterocycles. The zero-order valence-electron chi connectivity index (χ0n) is 12.6. The van der Waals surface area contributed by atoms with Crippen molar-refractivity contribution in [1.82, 2.24) is 0 Å². The molecule has 3 aromatic carbocycles. The van der Waals surface area contributed by atoms with Crippen LogP contribution in [0.25, 0.3) is 22.3 Å². The normalized spacial score (nSPS) is 12.3. The van der Waals surface area contributed by atoms with Crippen molar-refractivity contribution in [3.8, 4) is 28.0 Å². The van der Waals surface area contributed by atoms with E-state index in [2.05, 4.69) is 65.3 Å². The number of hydrogen-bond donors (Lipinski definition) is 0. The monoisotopic (exact) mass is 384 g/mol. The van der Waals surface area contributed by atoms with Crippen LogP contribution in [0.2, 0.25) is 5.02 Å². The Labute approximate surface area is 149 Å². The number of benzene rings is 3. The van der Waals surface area contributed by atoms with E-state index < -0.39 is 0 Å². The van der Waals surface area contributed by atoms with Gasteiger partial charge in [0.05, 0.1) is 5.02 Å². The van der Waals surface area contributed by atoms with Gasteiger partial charge in [-0.25, -0.2) is 0 Å². The molecule has 0 aromatic heterocycles. The molecule has 0 saturated heterocycles. The van der Waals surface area contributed by atoms with E-state index in [9.17, 15) is 0 Å². The fourth-order valence-electron chi connectivity index (χ4n) is 2.99. The van der Waals surface area contributed by atoms with Gasteiger partial charge in [-0.2, -0.15) is 0 Å². The molecule has 3 aromatic rings. The third kappa shape index (κ3) is 2.56. The maximum Gasteiger partial charge on any atom is 0.127 e. The van der Waals surface area contributed by atoms with E-state index in [0.29, 0.717) is 6.61 Å². The maximum atomic E-state index is 6.80. The predicted octanol–water partition coefficient (Wildman–Crippen LogP) is 6.64. The number of rotatable bonds is 1. The van der Waals surface area contributed by atoms with Crippen LogP contribution < -0.4 is 4.74 Å². The number of hydrogen-bond acceptors (Lipinski definition) is 1. The summed E-state index contributed by atoms with van der Waals surface area (Å²) in [7, 11) is 0. The van der Waals surface area contributed by atoms with Crippen molar-refractivity contribution in [2.45, 2.75) is 13.5 Å². The van der Waals surface area contributed by atoms with E-state index in [1.807, 2.05) is 12.1 Å². The van der Waals surface area contributed by atoms with Crippen molar-refractivity contribution in [1.29, 1.82) is 0 Å². The molecule has 0 atom stereocenters. The van der Waals surface area contributed by atoms with Crippen LogP contribution >= 0.6 is 27.5 Å². The number of aryl methyl sites for hydroxylation is 1. The summed E-state index contributed by atoms with van der Waals surface area (Å²) in [6.45, 7) is 2.63. The zero-order chi connectivity index (χ0) is 16.0. The van der Waals surface area contributed by atoms with Gasteiger partial charge in [0, 0.05) is 21.2 Å². The van der Waals surface area contributed by atoms with E-state index in [4.69, 9.17) is 16.3 Å². The van der Waals surface area contributed by atoms with Crippen LogP contribution in [0.15, 0.2) is 59.1 Å². The second kappa shape index (κ2) is 5.70. The van der Waals surface area contributed by atoms with Crippen LogP contribution in [0.1, 0.15) is 11.1 Å². The van der Waals surface area contributed by atoms with Crippen LogP contribution in [0.3, 0.4) is 0 Å². The molecule has 0 spiro atoms. The van der Waals surface area contributed by atoms with Gasteiger partial charge in [0.2, 0.25) is 0 Å². The molecule has 23 heavy (non-hydrogen) atoms. The molecule has 1 aliphatic heterocycles. The van der Waals surface area contributed by atoms with Gasteiger partial charge >= 0.3 is 0 Å². The van der Waals surface area contributed by atoms with Crippen LogP contribution in [-0.4, -0.2) is 0 Å². The van der Waals surface area contributed by atoms with Crippen molar-refractivity contribution in [3.63, 3.8) is 0 Å². The summed E-state index contributed by atoms with van der Waals surface area (Å²) in [6, 6.07) is 18.7. The van der Waals surface area contributed by atoms with Gasteiger partial charge in [-0.3, -0.25) is 0 Å². The van der Waals surface area contributed by atoms with E-state index in [-0.39, 0.29) is 0 Å². The quantitative estimate of drug-likeness (QED) is 0.456. The van der Waals surface area contributed by atoms with Crippen molar-refractivity contribution >= 4 is 27.5 Å². The Morgan fingerprint density at radius 2 is 1.70 bits per heavy atom. The SMILES string of the molecule is Cc1ccc2c(c1)OCc1ccc(-c3ccc(Br)cc3)c(Cl)c1-2. The molecule has 0 fully saturated rings. The number of ether oxygens (including phenoxy) is 1.